The molecule has 1 unspecified atom stereocenters. The van der Waals surface area contributed by atoms with E-state index in [1.54, 1.807) is 0 Å². The van der Waals surface area contributed by atoms with E-state index in [0.717, 1.165) is 6.54 Å². The fourth-order valence-corrected chi connectivity index (χ4v) is 3.17. The Kier molecular flexibility index (Phi) is 6.36. The van der Waals surface area contributed by atoms with Crippen molar-refractivity contribution >= 4 is 0 Å². The zero-order chi connectivity index (χ0) is 11.8. The van der Waals surface area contributed by atoms with Crippen LogP contribution in [0.1, 0.15) is 70.6 Å². The fraction of sp³-hybridized carbons (Fsp3) is 1.00. The van der Waals surface area contributed by atoms with Crippen LogP contribution in [0.5, 0.6) is 0 Å². The molecule has 2 rings (SSSR count). The standard InChI is InChI=1S/C15H29N2/c1-3-7-11-15(16-12-8-4-1)17-13-9-5-2-6-10-14-17/h15H,1-14H2. The van der Waals surface area contributed by atoms with Gasteiger partial charge in [-0.2, -0.15) is 0 Å². The van der Waals surface area contributed by atoms with Gasteiger partial charge in [0.15, 0.2) is 0 Å². The van der Waals surface area contributed by atoms with Gasteiger partial charge in [-0.05, 0) is 38.8 Å². The lowest BCUT2D eigenvalue weighted by Gasteiger charge is -2.32. The van der Waals surface area contributed by atoms with Crippen LogP contribution in [0, 0.1) is 0 Å². The van der Waals surface area contributed by atoms with Gasteiger partial charge < -0.3 is 0 Å². The maximum absolute atomic E-state index is 4.97. The van der Waals surface area contributed by atoms with Gasteiger partial charge in [-0.25, -0.2) is 5.32 Å². The molecule has 17 heavy (non-hydrogen) atoms. The normalized spacial score (nSPS) is 30.7. The zero-order valence-corrected chi connectivity index (χ0v) is 11.4. The molecule has 2 aliphatic rings. The molecule has 0 aromatic rings. The van der Waals surface area contributed by atoms with Crippen molar-refractivity contribution in [2.45, 2.75) is 76.8 Å². The lowest BCUT2D eigenvalue weighted by atomic mass is 10.1. The molecule has 0 aromatic heterocycles. The molecule has 0 saturated carbocycles. The van der Waals surface area contributed by atoms with Gasteiger partial charge in [0.25, 0.3) is 0 Å². The first-order valence-electron chi connectivity index (χ1n) is 7.87. The van der Waals surface area contributed by atoms with E-state index in [1.165, 1.54) is 83.7 Å². The molecule has 2 aliphatic heterocycles. The quantitative estimate of drug-likeness (QED) is 0.682. The Morgan fingerprint density at radius 1 is 0.647 bits per heavy atom. The molecule has 2 fully saturated rings. The van der Waals surface area contributed by atoms with Crippen molar-refractivity contribution in [2.24, 2.45) is 0 Å². The summed E-state index contributed by atoms with van der Waals surface area (Å²) in [6.45, 7) is 3.71. The van der Waals surface area contributed by atoms with Gasteiger partial charge in [-0.1, -0.05) is 44.9 Å². The van der Waals surface area contributed by atoms with Crippen LogP contribution in [0.3, 0.4) is 0 Å². The topological polar surface area (TPSA) is 17.3 Å². The minimum Gasteiger partial charge on any atom is -0.287 e. The Bertz CT molecular complexity index is 175. The molecule has 99 valence electrons. The van der Waals surface area contributed by atoms with E-state index in [2.05, 4.69) is 4.90 Å². The highest BCUT2D eigenvalue weighted by Gasteiger charge is 2.19. The summed E-state index contributed by atoms with van der Waals surface area (Å²) in [4.78, 5) is 2.68. The summed E-state index contributed by atoms with van der Waals surface area (Å²) < 4.78 is 0. The monoisotopic (exact) mass is 237 g/mol. The third-order valence-corrected chi connectivity index (χ3v) is 4.27. The van der Waals surface area contributed by atoms with Crippen molar-refractivity contribution in [1.29, 1.82) is 0 Å². The summed E-state index contributed by atoms with van der Waals surface area (Å²) >= 11 is 0. The van der Waals surface area contributed by atoms with Crippen molar-refractivity contribution < 1.29 is 0 Å². The number of hydrogen-bond acceptors (Lipinski definition) is 1. The Balaban J connectivity index is 1.82. The predicted molar refractivity (Wildman–Crippen MR) is 73.1 cm³/mol. The van der Waals surface area contributed by atoms with Crippen LogP contribution in [0.2, 0.25) is 0 Å². The molecule has 0 aromatic carbocycles. The van der Waals surface area contributed by atoms with Crippen LogP contribution < -0.4 is 5.32 Å². The summed E-state index contributed by atoms with van der Waals surface area (Å²) in [5.41, 5.74) is 0. The third-order valence-electron chi connectivity index (χ3n) is 4.27. The van der Waals surface area contributed by atoms with Crippen molar-refractivity contribution in [3.05, 3.63) is 0 Å². The average Bonchev–Trinajstić information content (AvgIpc) is 2.42. The van der Waals surface area contributed by atoms with Gasteiger partial charge in [0.2, 0.25) is 0 Å². The summed E-state index contributed by atoms with van der Waals surface area (Å²) in [6.07, 6.45) is 16.0. The maximum atomic E-state index is 4.97. The maximum Gasteiger partial charge on any atom is 0.0760 e. The van der Waals surface area contributed by atoms with Gasteiger partial charge in [-0.3, -0.25) is 4.90 Å². The number of likely N-dealkylation sites (tertiary alicyclic amines) is 1. The van der Waals surface area contributed by atoms with Crippen LogP contribution >= 0.6 is 0 Å². The van der Waals surface area contributed by atoms with E-state index >= 15 is 0 Å². The van der Waals surface area contributed by atoms with Gasteiger partial charge in [0.1, 0.15) is 0 Å². The molecule has 2 heteroatoms. The van der Waals surface area contributed by atoms with E-state index < -0.39 is 0 Å². The van der Waals surface area contributed by atoms with E-state index in [1.807, 2.05) is 0 Å². The minimum atomic E-state index is 0.561. The second kappa shape index (κ2) is 8.10. The third kappa shape index (κ3) is 4.97. The van der Waals surface area contributed by atoms with Crippen molar-refractivity contribution in [3.63, 3.8) is 0 Å². The second-order valence-electron chi connectivity index (χ2n) is 5.75. The number of rotatable bonds is 1. The molecule has 0 N–H and O–H groups in total. The van der Waals surface area contributed by atoms with Gasteiger partial charge in [-0.15, -0.1) is 0 Å². The Morgan fingerprint density at radius 2 is 1.24 bits per heavy atom. The number of hydrogen-bond donors (Lipinski definition) is 0. The fourth-order valence-electron chi connectivity index (χ4n) is 3.17. The Morgan fingerprint density at radius 3 is 2.00 bits per heavy atom. The summed E-state index contributed by atoms with van der Waals surface area (Å²) in [7, 11) is 0. The van der Waals surface area contributed by atoms with Crippen LogP contribution in [0.15, 0.2) is 0 Å². The zero-order valence-electron chi connectivity index (χ0n) is 11.4. The Labute approximate surface area is 107 Å². The minimum absolute atomic E-state index is 0.561. The van der Waals surface area contributed by atoms with Gasteiger partial charge in [0.05, 0.1) is 6.17 Å². The van der Waals surface area contributed by atoms with Crippen LogP contribution in [-0.2, 0) is 0 Å². The molecule has 0 amide bonds. The highest BCUT2D eigenvalue weighted by atomic mass is 15.3. The molecular formula is C15H29N2. The molecule has 2 nitrogen and oxygen atoms in total. The van der Waals surface area contributed by atoms with Gasteiger partial charge >= 0.3 is 0 Å². The number of nitrogens with zero attached hydrogens (tertiary/aromatic N) is 2. The van der Waals surface area contributed by atoms with Crippen LogP contribution in [0.25, 0.3) is 0 Å². The van der Waals surface area contributed by atoms with E-state index in [4.69, 9.17) is 5.32 Å². The smallest absolute Gasteiger partial charge is 0.0760 e. The Hall–Kier alpha value is -0.0800. The van der Waals surface area contributed by atoms with Crippen LogP contribution in [-0.4, -0.2) is 30.7 Å². The average molecular weight is 237 g/mol. The summed E-state index contributed by atoms with van der Waals surface area (Å²) in [5, 5.41) is 4.97. The SMILES string of the molecule is C1CCC[N]C(N2CCCCCCC2)CCC1. The lowest BCUT2D eigenvalue weighted by molar-refractivity contribution is 0.138. The summed E-state index contributed by atoms with van der Waals surface area (Å²) in [6, 6.07) is 0. The molecule has 0 aliphatic carbocycles. The first-order valence-corrected chi connectivity index (χ1v) is 7.87. The van der Waals surface area contributed by atoms with Crippen molar-refractivity contribution in [1.82, 2.24) is 10.2 Å². The second-order valence-corrected chi connectivity index (χ2v) is 5.75. The van der Waals surface area contributed by atoms with Gasteiger partial charge in [0, 0.05) is 6.54 Å². The first kappa shape index (κ1) is 13.4. The summed E-state index contributed by atoms with van der Waals surface area (Å²) in [5.74, 6) is 0. The highest BCUT2D eigenvalue weighted by molar-refractivity contribution is 4.73. The largest absolute Gasteiger partial charge is 0.287 e. The lowest BCUT2D eigenvalue weighted by Crippen LogP contribution is -2.43. The highest BCUT2D eigenvalue weighted by Crippen LogP contribution is 2.17. The molecular weight excluding hydrogens is 208 g/mol. The van der Waals surface area contributed by atoms with E-state index in [-0.39, 0.29) is 0 Å². The molecule has 0 bridgehead atoms. The van der Waals surface area contributed by atoms with Crippen LogP contribution in [0.4, 0.5) is 0 Å². The molecule has 1 atom stereocenters. The van der Waals surface area contributed by atoms with E-state index in [0.29, 0.717) is 6.17 Å². The molecule has 0 spiro atoms. The molecule has 2 saturated heterocycles. The molecule has 2 heterocycles. The predicted octanol–water partition coefficient (Wildman–Crippen LogP) is 3.54. The first-order chi connectivity index (χ1) is 8.47. The van der Waals surface area contributed by atoms with E-state index in [9.17, 15) is 0 Å². The molecule has 1 radical (unpaired) electrons. The van der Waals surface area contributed by atoms with Crippen molar-refractivity contribution in [3.8, 4) is 0 Å². The van der Waals surface area contributed by atoms with Crippen molar-refractivity contribution in [2.75, 3.05) is 19.6 Å².